The summed E-state index contributed by atoms with van der Waals surface area (Å²) in [6.07, 6.45) is 7.35. The number of carbonyl (C=O) groups excluding carboxylic acids is 1. The average molecular weight is 787 g/mol. The van der Waals surface area contributed by atoms with Crippen LogP contribution in [0.15, 0.2) is 69.7 Å². The number of allylic oxidation sites excluding steroid dienone is 1. The first-order valence-electron chi connectivity index (χ1n) is 19.8. The van der Waals surface area contributed by atoms with Crippen molar-refractivity contribution < 1.29 is 39.1 Å². The van der Waals surface area contributed by atoms with Gasteiger partial charge in [-0.05, 0) is 116 Å². The van der Waals surface area contributed by atoms with Crippen LogP contribution < -0.4 is 21.6 Å². The van der Waals surface area contributed by atoms with E-state index in [1.54, 1.807) is 31.5 Å². The molecule has 2 aliphatic carbocycles. The first-order valence-corrected chi connectivity index (χ1v) is 19.8. The van der Waals surface area contributed by atoms with E-state index in [2.05, 4.69) is 9.97 Å². The van der Waals surface area contributed by atoms with Crippen LogP contribution >= 0.6 is 0 Å². The maximum Gasteiger partial charge on any atom is 0.336 e. The molecule has 4 aliphatic rings. The third-order valence-corrected chi connectivity index (χ3v) is 13.4. The molecular formula is C45H46N4O9. The predicted octanol–water partition coefficient (Wildman–Crippen LogP) is 5.03. The number of phenols is 2. The Bertz CT molecular complexity index is 2600. The zero-order chi connectivity index (χ0) is 40.6. The van der Waals surface area contributed by atoms with Crippen LogP contribution in [0.5, 0.6) is 17.2 Å². The largest absolute Gasteiger partial charge is 0.508 e. The second-order valence-electron chi connectivity index (χ2n) is 16.3. The van der Waals surface area contributed by atoms with Crippen molar-refractivity contribution in [3.63, 3.8) is 0 Å². The molecule has 0 unspecified atom stereocenters. The van der Waals surface area contributed by atoms with Gasteiger partial charge < -0.3 is 45.8 Å². The number of hydrogen-bond acceptors (Lipinski definition) is 13. The van der Waals surface area contributed by atoms with Gasteiger partial charge in [-0.2, -0.15) is 0 Å². The van der Waals surface area contributed by atoms with Gasteiger partial charge in [-0.15, -0.1) is 0 Å². The average Bonchev–Trinajstić information content (AvgIpc) is 3.35. The van der Waals surface area contributed by atoms with Gasteiger partial charge >= 0.3 is 5.97 Å². The number of hydrogen-bond donors (Lipinski definition) is 6. The standard InChI is InChI=1S/C45H46N4O9/c1-3-21(19-50)44(55)57-35-17-32-40(54)39-34(53)16-27(20-51)56-42(39)38-31-13-24-12-26(52)7-4-22(24)5-9-29(37-30(31)10-11-48-43(37)47)28-8-6-23-15-36(46)49-18-25(23)14-33(28)45(35,2)58-41(32)38/h3-4,7,10-12,15-16,18,28-29,31,33,35,50-52,54H,5-6,8-9,13-14,17,19-20H2,1-2H3,(H2,46,49)(H2,47,48)/b21-3-/t28-,29-,31-,33+,35+,45-/m0/s1. The fourth-order valence-electron chi connectivity index (χ4n) is 10.5. The molecule has 3 aromatic heterocycles. The predicted molar refractivity (Wildman–Crippen MR) is 215 cm³/mol. The van der Waals surface area contributed by atoms with Gasteiger partial charge in [-0.25, -0.2) is 14.8 Å². The van der Waals surface area contributed by atoms with E-state index in [-0.39, 0.29) is 69.3 Å². The lowest BCUT2D eigenvalue weighted by Crippen LogP contribution is -2.59. The Morgan fingerprint density at radius 3 is 2.57 bits per heavy atom. The Hall–Kier alpha value is -5.92. The molecule has 6 atom stereocenters. The van der Waals surface area contributed by atoms with Crippen LogP contribution in [-0.4, -0.2) is 54.7 Å². The Labute approximate surface area is 334 Å². The van der Waals surface area contributed by atoms with Crippen LogP contribution in [0.25, 0.3) is 11.0 Å². The first-order chi connectivity index (χ1) is 27.9. The van der Waals surface area contributed by atoms with Gasteiger partial charge in [0.1, 0.15) is 63.9 Å². The summed E-state index contributed by atoms with van der Waals surface area (Å²) in [5, 5.41) is 43.4. The highest BCUT2D eigenvalue weighted by atomic mass is 16.6. The number of aromatic hydroxyl groups is 2. The van der Waals surface area contributed by atoms with Crippen molar-refractivity contribution in [2.75, 3.05) is 18.1 Å². The normalized spacial score (nSPS) is 24.8. The van der Waals surface area contributed by atoms with Gasteiger partial charge in [0, 0.05) is 53.4 Å². The summed E-state index contributed by atoms with van der Waals surface area (Å²) in [6, 6.07) is 10.4. The van der Waals surface area contributed by atoms with Crippen molar-refractivity contribution >= 4 is 28.6 Å². The van der Waals surface area contributed by atoms with Gasteiger partial charge in [0.05, 0.1) is 12.2 Å². The minimum Gasteiger partial charge on any atom is -0.508 e. The van der Waals surface area contributed by atoms with Crippen LogP contribution in [-0.2, 0) is 48.2 Å². The third kappa shape index (κ3) is 5.89. The van der Waals surface area contributed by atoms with Gasteiger partial charge in [0.25, 0.3) is 0 Å². The van der Waals surface area contributed by atoms with Gasteiger partial charge in [0.15, 0.2) is 5.43 Å². The van der Waals surface area contributed by atoms with E-state index < -0.39 is 42.2 Å². The molecule has 2 aromatic carbocycles. The summed E-state index contributed by atoms with van der Waals surface area (Å²) in [4.78, 5) is 37.1. The Balaban J connectivity index is 1.43. The summed E-state index contributed by atoms with van der Waals surface area (Å²) in [7, 11) is 0. The van der Waals surface area contributed by atoms with Crippen LogP contribution in [0, 0.1) is 11.8 Å². The van der Waals surface area contributed by atoms with Gasteiger partial charge in [-0.1, -0.05) is 12.1 Å². The highest BCUT2D eigenvalue weighted by Crippen LogP contribution is 2.58. The minimum absolute atomic E-state index is 0.000812. The van der Waals surface area contributed by atoms with Crippen molar-refractivity contribution in [3.8, 4) is 17.2 Å². The molecule has 0 saturated carbocycles. The fraction of sp³-hybridized carbons (Fsp3) is 0.378. The smallest absolute Gasteiger partial charge is 0.336 e. The van der Waals surface area contributed by atoms with E-state index >= 15 is 0 Å². The molecule has 8 N–H and O–H groups in total. The molecule has 0 fully saturated rings. The Kier molecular flexibility index (Phi) is 9.20. The van der Waals surface area contributed by atoms with Gasteiger partial charge in [0.2, 0.25) is 0 Å². The van der Waals surface area contributed by atoms with Crippen LogP contribution in [0.2, 0.25) is 0 Å². The Morgan fingerprint density at radius 1 is 0.983 bits per heavy atom. The van der Waals surface area contributed by atoms with Crippen LogP contribution in [0.3, 0.4) is 0 Å². The van der Waals surface area contributed by atoms with E-state index in [1.807, 2.05) is 25.1 Å². The van der Waals surface area contributed by atoms with Crippen molar-refractivity contribution in [1.29, 1.82) is 0 Å². The molecule has 5 aromatic rings. The lowest BCUT2D eigenvalue weighted by Gasteiger charge is -2.51. The van der Waals surface area contributed by atoms with E-state index in [0.29, 0.717) is 55.7 Å². The second-order valence-corrected chi connectivity index (χ2v) is 16.3. The zero-order valence-electron chi connectivity index (χ0n) is 32.3. The number of nitrogens with zero attached hydrogens (tertiary/aromatic N) is 2. The fourth-order valence-corrected chi connectivity index (χ4v) is 10.5. The number of pyridine rings is 2. The number of fused-ring (bicyclic) bond motifs is 9. The zero-order valence-corrected chi connectivity index (χ0v) is 32.3. The number of aliphatic hydroxyl groups excluding tert-OH is 2. The number of ether oxygens (including phenoxy) is 2. The van der Waals surface area contributed by atoms with Crippen molar-refractivity contribution in [2.45, 2.75) is 88.9 Å². The lowest BCUT2D eigenvalue weighted by molar-refractivity contribution is -0.169. The number of aryl methyl sites for hydroxylation is 2. The molecular weight excluding hydrogens is 741 g/mol. The second kappa shape index (κ2) is 14.2. The molecule has 13 nitrogen and oxygen atoms in total. The Morgan fingerprint density at radius 2 is 1.79 bits per heavy atom. The number of anilines is 2. The first kappa shape index (κ1) is 37.6. The number of phenolic OH excluding ortho intramolecular Hbond substituents is 2. The number of rotatable bonds is 4. The molecule has 0 radical (unpaired) electrons. The van der Waals surface area contributed by atoms with Crippen molar-refractivity contribution in [3.05, 3.63) is 121 Å². The lowest BCUT2D eigenvalue weighted by atomic mass is 9.63. The van der Waals surface area contributed by atoms with Gasteiger partial charge in [-0.3, -0.25) is 4.79 Å². The summed E-state index contributed by atoms with van der Waals surface area (Å²) >= 11 is 0. The molecule has 13 heteroatoms. The third-order valence-electron chi connectivity index (χ3n) is 13.4. The number of nitrogens with two attached hydrogens (primary N) is 2. The van der Waals surface area contributed by atoms with E-state index in [4.69, 9.17) is 25.4 Å². The molecule has 5 heterocycles. The molecule has 58 heavy (non-hydrogen) atoms. The maximum atomic E-state index is 14.0. The summed E-state index contributed by atoms with van der Waals surface area (Å²) in [5.41, 5.74) is 17.9. The number of esters is 1. The molecule has 0 spiro atoms. The number of benzene rings is 2. The highest BCUT2D eigenvalue weighted by molar-refractivity contribution is 5.92. The molecule has 9 rings (SSSR count). The molecule has 0 amide bonds. The van der Waals surface area contributed by atoms with Crippen molar-refractivity contribution in [2.24, 2.45) is 11.8 Å². The van der Waals surface area contributed by atoms with E-state index in [9.17, 15) is 30.0 Å². The van der Waals surface area contributed by atoms with Crippen LogP contribution in [0.1, 0.15) is 88.8 Å². The summed E-state index contributed by atoms with van der Waals surface area (Å²) in [6.45, 7) is 2.47. The van der Waals surface area contributed by atoms with E-state index in [1.165, 1.54) is 6.08 Å². The number of aliphatic hydroxyl groups is 2. The SMILES string of the molecule is C/C=C(/CO)C(=O)O[C@@H]1Cc2c3c(c4oc(CO)cc(=O)c4c2O)[C@H]2Cc4cc(O)ccc4CC[C@H](c4c2ccnc4N)[C@@H]2CCc4cc(N)ncc4C[C@H]2[C@]1(C)O3. The topological polar surface area (TPSA) is 224 Å². The summed E-state index contributed by atoms with van der Waals surface area (Å²) in [5.74, 6) is -1.35. The number of nitrogen functional groups attached to an aromatic ring is 2. The summed E-state index contributed by atoms with van der Waals surface area (Å²) < 4.78 is 20.3. The van der Waals surface area contributed by atoms with E-state index in [0.717, 1.165) is 39.4 Å². The molecule has 300 valence electrons. The number of carbonyl (C=O) groups is 1. The molecule has 0 saturated heterocycles. The molecule has 2 aliphatic heterocycles. The monoisotopic (exact) mass is 786 g/mol. The van der Waals surface area contributed by atoms with Crippen LogP contribution in [0.4, 0.5) is 11.6 Å². The molecule has 4 bridgehead atoms. The maximum absolute atomic E-state index is 14.0. The number of aromatic nitrogens is 2. The highest BCUT2D eigenvalue weighted by Gasteiger charge is 2.56. The quantitative estimate of drug-likeness (QED) is 0.104. The minimum atomic E-state index is -1.30. The van der Waals surface area contributed by atoms with Crippen molar-refractivity contribution in [1.82, 2.24) is 9.97 Å².